The third-order valence-electron chi connectivity index (χ3n) is 6.14. The number of hydrogen-bond donors (Lipinski definition) is 0. The number of benzene rings is 1. The van der Waals surface area contributed by atoms with Gasteiger partial charge in [0.2, 0.25) is 5.91 Å². The molecule has 0 N–H and O–H groups in total. The lowest BCUT2D eigenvalue weighted by Gasteiger charge is -2.37. The minimum absolute atomic E-state index is 0.0573. The first-order valence-electron chi connectivity index (χ1n) is 10.6. The first-order valence-corrected chi connectivity index (χ1v) is 10.6. The molecule has 2 aromatic rings. The molecule has 0 saturated carbocycles. The lowest BCUT2D eigenvalue weighted by Crippen LogP contribution is -2.51. The van der Waals surface area contributed by atoms with E-state index in [4.69, 9.17) is 0 Å². The highest BCUT2D eigenvalue weighted by molar-refractivity contribution is 5.78. The summed E-state index contributed by atoms with van der Waals surface area (Å²) in [5.74, 6) is 1.00. The molecule has 166 valence electrons. The Kier molecular flexibility index (Phi) is 6.41. The van der Waals surface area contributed by atoms with Crippen LogP contribution in [0.1, 0.15) is 29.9 Å². The molecule has 0 bridgehead atoms. The number of alkyl halides is 3. The quantitative estimate of drug-likeness (QED) is 0.742. The van der Waals surface area contributed by atoms with Crippen LogP contribution in [0, 0.1) is 0 Å². The van der Waals surface area contributed by atoms with E-state index in [1.165, 1.54) is 12.1 Å². The van der Waals surface area contributed by atoms with Crippen LogP contribution >= 0.6 is 0 Å². The van der Waals surface area contributed by atoms with E-state index in [9.17, 15) is 18.0 Å². The van der Waals surface area contributed by atoms with Crippen molar-refractivity contribution in [1.82, 2.24) is 19.8 Å². The van der Waals surface area contributed by atoms with Crippen molar-refractivity contribution in [2.24, 2.45) is 0 Å². The van der Waals surface area contributed by atoms with E-state index in [1.807, 2.05) is 4.90 Å². The molecule has 0 spiro atoms. The number of amides is 1. The van der Waals surface area contributed by atoms with Crippen LogP contribution in [0.5, 0.6) is 0 Å². The zero-order valence-electron chi connectivity index (χ0n) is 17.3. The van der Waals surface area contributed by atoms with Crippen LogP contribution in [-0.4, -0.2) is 71.5 Å². The fraction of sp³-hybridized carbons (Fsp3) is 0.500. The third-order valence-corrected chi connectivity index (χ3v) is 6.14. The van der Waals surface area contributed by atoms with E-state index >= 15 is 0 Å². The van der Waals surface area contributed by atoms with Crippen molar-refractivity contribution in [2.75, 3.05) is 50.7 Å². The Hall–Kier alpha value is -2.68. The standard InChI is InChI=1S/C22H26F3N5O/c23-22(24,25)19-3-1-2-18(14-19)17-4-8-30(9-5-17)21(31)16-28-10-12-29(13-11-28)20-15-26-6-7-27-20/h1-3,6-7,14-15,17H,4-5,8-13,16H2. The van der Waals surface area contributed by atoms with Gasteiger partial charge in [-0.25, -0.2) is 4.98 Å². The number of likely N-dealkylation sites (tertiary alicyclic amines) is 1. The van der Waals surface area contributed by atoms with E-state index in [0.717, 1.165) is 38.1 Å². The molecule has 0 unspecified atom stereocenters. The second-order valence-electron chi connectivity index (χ2n) is 8.11. The fourth-order valence-electron chi connectivity index (χ4n) is 4.31. The normalized spacial score (nSPS) is 18.9. The minimum Gasteiger partial charge on any atom is -0.353 e. The third kappa shape index (κ3) is 5.33. The van der Waals surface area contributed by atoms with Crippen LogP contribution < -0.4 is 4.90 Å². The van der Waals surface area contributed by atoms with Gasteiger partial charge in [-0.05, 0) is 30.4 Å². The monoisotopic (exact) mass is 433 g/mol. The van der Waals surface area contributed by atoms with Gasteiger partial charge >= 0.3 is 6.18 Å². The average molecular weight is 433 g/mol. The maximum atomic E-state index is 13.0. The Morgan fingerprint density at radius 3 is 2.42 bits per heavy atom. The summed E-state index contributed by atoms with van der Waals surface area (Å²) in [6.07, 6.45) is 2.11. The highest BCUT2D eigenvalue weighted by Gasteiger charge is 2.32. The van der Waals surface area contributed by atoms with Crippen molar-refractivity contribution < 1.29 is 18.0 Å². The van der Waals surface area contributed by atoms with Gasteiger partial charge in [-0.2, -0.15) is 13.2 Å². The summed E-state index contributed by atoms with van der Waals surface area (Å²) < 4.78 is 38.9. The Labute approximate surface area is 179 Å². The Bertz CT molecular complexity index is 876. The van der Waals surface area contributed by atoms with Crippen molar-refractivity contribution in [3.63, 3.8) is 0 Å². The molecular weight excluding hydrogens is 407 g/mol. The van der Waals surface area contributed by atoms with E-state index in [0.29, 0.717) is 38.0 Å². The van der Waals surface area contributed by atoms with Gasteiger partial charge in [0.15, 0.2) is 0 Å². The second kappa shape index (κ2) is 9.21. The second-order valence-corrected chi connectivity index (χ2v) is 8.11. The van der Waals surface area contributed by atoms with Gasteiger partial charge in [0, 0.05) is 51.7 Å². The van der Waals surface area contributed by atoms with Gasteiger partial charge in [0.05, 0.1) is 18.3 Å². The maximum Gasteiger partial charge on any atom is 0.416 e. The molecule has 1 aromatic carbocycles. The van der Waals surface area contributed by atoms with Gasteiger partial charge in [0.25, 0.3) is 0 Å². The van der Waals surface area contributed by atoms with E-state index in [2.05, 4.69) is 19.8 Å². The number of halogens is 3. The van der Waals surface area contributed by atoms with Gasteiger partial charge in [-0.3, -0.25) is 14.7 Å². The molecule has 31 heavy (non-hydrogen) atoms. The number of carbonyl (C=O) groups excluding carboxylic acids is 1. The summed E-state index contributed by atoms with van der Waals surface area (Å²) in [5.41, 5.74) is 0.103. The zero-order chi connectivity index (χ0) is 21.8. The number of aromatic nitrogens is 2. The van der Waals surface area contributed by atoms with Crippen LogP contribution in [0.2, 0.25) is 0 Å². The molecule has 3 heterocycles. The lowest BCUT2D eigenvalue weighted by molar-refractivity contribution is -0.137. The van der Waals surface area contributed by atoms with E-state index in [1.54, 1.807) is 24.7 Å². The molecule has 2 aliphatic heterocycles. The smallest absolute Gasteiger partial charge is 0.353 e. The van der Waals surface area contributed by atoms with Crippen LogP contribution in [0.25, 0.3) is 0 Å². The van der Waals surface area contributed by atoms with Gasteiger partial charge in [-0.1, -0.05) is 18.2 Å². The molecule has 2 aliphatic rings. The van der Waals surface area contributed by atoms with Gasteiger partial charge < -0.3 is 9.80 Å². The molecular formula is C22H26F3N5O. The Morgan fingerprint density at radius 1 is 1.03 bits per heavy atom. The number of anilines is 1. The topological polar surface area (TPSA) is 52.6 Å². The van der Waals surface area contributed by atoms with Crippen LogP contribution in [-0.2, 0) is 11.0 Å². The van der Waals surface area contributed by atoms with Crippen molar-refractivity contribution in [3.8, 4) is 0 Å². The first kappa shape index (κ1) is 21.5. The fourth-order valence-corrected chi connectivity index (χ4v) is 4.31. The predicted octanol–water partition coefficient (Wildman–Crippen LogP) is 3.02. The maximum absolute atomic E-state index is 13.0. The summed E-state index contributed by atoms with van der Waals surface area (Å²) in [6, 6.07) is 5.58. The molecule has 0 aliphatic carbocycles. The molecule has 2 fully saturated rings. The summed E-state index contributed by atoms with van der Waals surface area (Å²) in [4.78, 5) is 27.3. The molecule has 9 heteroatoms. The van der Waals surface area contributed by atoms with Crippen LogP contribution in [0.15, 0.2) is 42.9 Å². The predicted molar refractivity (Wildman–Crippen MR) is 111 cm³/mol. The van der Waals surface area contributed by atoms with E-state index < -0.39 is 11.7 Å². The number of rotatable bonds is 4. The van der Waals surface area contributed by atoms with Crippen LogP contribution in [0.4, 0.5) is 19.0 Å². The summed E-state index contributed by atoms with van der Waals surface area (Å²) in [5, 5.41) is 0. The number of hydrogen-bond acceptors (Lipinski definition) is 5. The van der Waals surface area contributed by atoms with E-state index in [-0.39, 0.29) is 11.8 Å². The SMILES string of the molecule is O=C(CN1CCN(c2cnccn2)CC1)N1CCC(c2cccc(C(F)(F)F)c2)CC1. The lowest BCUT2D eigenvalue weighted by atomic mass is 9.88. The Morgan fingerprint density at radius 2 is 1.77 bits per heavy atom. The molecule has 0 atom stereocenters. The first-order chi connectivity index (χ1) is 14.9. The molecule has 6 nitrogen and oxygen atoms in total. The van der Waals surface area contributed by atoms with Crippen molar-refractivity contribution in [2.45, 2.75) is 24.9 Å². The molecule has 1 aromatic heterocycles. The van der Waals surface area contributed by atoms with Crippen LogP contribution in [0.3, 0.4) is 0 Å². The molecule has 2 saturated heterocycles. The van der Waals surface area contributed by atoms with Gasteiger partial charge in [0.1, 0.15) is 5.82 Å². The number of piperazine rings is 1. The average Bonchev–Trinajstić information content (AvgIpc) is 2.80. The van der Waals surface area contributed by atoms with Crippen molar-refractivity contribution >= 4 is 11.7 Å². The number of nitrogens with zero attached hydrogens (tertiary/aromatic N) is 5. The van der Waals surface area contributed by atoms with Gasteiger partial charge in [-0.15, -0.1) is 0 Å². The van der Waals surface area contributed by atoms with Crippen molar-refractivity contribution in [3.05, 3.63) is 54.0 Å². The summed E-state index contributed by atoms with van der Waals surface area (Å²) in [6.45, 7) is 4.69. The van der Waals surface area contributed by atoms with Crippen molar-refractivity contribution in [1.29, 1.82) is 0 Å². The largest absolute Gasteiger partial charge is 0.416 e. The summed E-state index contributed by atoms with van der Waals surface area (Å²) >= 11 is 0. The highest BCUT2D eigenvalue weighted by atomic mass is 19.4. The molecule has 0 radical (unpaired) electrons. The zero-order valence-corrected chi connectivity index (χ0v) is 17.3. The molecule has 4 rings (SSSR count). The molecule has 1 amide bonds. The Balaban J connectivity index is 1.25. The highest BCUT2D eigenvalue weighted by Crippen LogP contribution is 2.34. The number of piperidine rings is 1. The summed E-state index contributed by atoms with van der Waals surface area (Å²) in [7, 11) is 0. The minimum atomic E-state index is -4.33. The number of carbonyl (C=O) groups is 1.